The summed E-state index contributed by atoms with van der Waals surface area (Å²) in [6.07, 6.45) is 2.53. The number of carbonyl (C=O) groups is 1. The fourth-order valence-corrected chi connectivity index (χ4v) is 4.15. The molecule has 1 atom stereocenters. The number of carbonyl (C=O) groups excluding carboxylic acids is 1. The quantitative estimate of drug-likeness (QED) is 0.452. The summed E-state index contributed by atoms with van der Waals surface area (Å²) in [5.74, 6) is 0.572. The van der Waals surface area contributed by atoms with Gasteiger partial charge in [-0.05, 0) is 54.1 Å². The van der Waals surface area contributed by atoms with Gasteiger partial charge < -0.3 is 9.47 Å². The molecule has 1 aromatic carbocycles. The predicted molar refractivity (Wildman–Crippen MR) is 118 cm³/mol. The molecule has 0 bridgehead atoms. The Morgan fingerprint density at radius 3 is 2.64 bits per heavy atom. The highest BCUT2D eigenvalue weighted by Crippen LogP contribution is 2.20. The van der Waals surface area contributed by atoms with Crippen LogP contribution in [0.15, 0.2) is 60.1 Å². The van der Waals surface area contributed by atoms with Gasteiger partial charge in [-0.3, -0.25) is 4.79 Å². The zero-order valence-electron chi connectivity index (χ0n) is 16.6. The fourth-order valence-electron chi connectivity index (χ4n) is 3.24. The second kappa shape index (κ2) is 9.44. The second-order valence-electron chi connectivity index (χ2n) is 7.52. The van der Waals surface area contributed by atoms with Gasteiger partial charge in [0, 0.05) is 34.4 Å². The number of thiophene rings is 1. The molecule has 1 amide bonds. The van der Waals surface area contributed by atoms with Crippen molar-refractivity contribution in [3.05, 3.63) is 81.3 Å². The maximum absolute atomic E-state index is 13.1. The Balaban J connectivity index is 1.79. The van der Waals surface area contributed by atoms with E-state index in [9.17, 15) is 4.79 Å². The number of hydrogen-bond donors (Lipinski definition) is 0. The number of nitrogens with zero attached hydrogens (tertiary/aromatic N) is 2. The third-order valence-electron chi connectivity index (χ3n) is 5.18. The smallest absolute Gasteiger partial charge is 0.228 e. The lowest BCUT2D eigenvalue weighted by Crippen LogP contribution is -2.42. The molecule has 0 fully saturated rings. The van der Waals surface area contributed by atoms with E-state index in [1.54, 1.807) is 11.3 Å². The van der Waals surface area contributed by atoms with Crippen LogP contribution in [0, 0.1) is 5.92 Å². The Labute approximate surface area is 176 Å². The largest absolute Gasteiger partial charge is 0.345 e. The summed E-state index contributed by atoms with van der Waals surface area (Å²) >= 11 is 7.77. The van der Waals surface area contributed by atoms with Crippen molar-refractivity contribution in [3.63, 3.8) is 0 Å². The average molecular weight is 415 g/mol. The van der Waals surface area contributed by atoms with Gasteiger partial charge in [-0.2, -0.15) is 0 Å². The fraction of sp³-hybridized carbons (Fsp3) is 0.348. The first-order chi connectivity index (χ1) is 13.4. The molecule has 28 heavy (non-hydrogen) atoms. The van der Waals surface area contributed by atoms with Gasteiger partial charge >= 0.3 is 0 Å². The van der Waals surface area contributed by atoms with E-state index in [0.717, 1.165) is 27.7 Å². The minimum Gasteiger partial charge on any atom is -0.345 e. The van der Waals surface area contributed by atoms with Gasteiger partial charge in [-0.15, -0.1) is 11.3 Å². The standard InChI is InChI=1S/C23H27ClN2OS/c1-17(2)18(3)26(23(27)14-22-10-6-12-28-22)16-21-9-5-11-25(21)15-19-7-4-8-20(24)13-19/h4-13,17-18H,14-16H2,1-3H3. The SMILES string of the molecule is CC(C)C(C)N(Cc1cccn1Cc1cccc(Cl)c1)C(=O)Cc1cccs1. The van der Waals surface area contributed by atoms with Crippen LogP contribution in [0.3, 0.4) is 0 Å². The van der Waals surface area contributed by atoms with Crippen LogP contribution in [0.5, 0.6) is 0 Å². The molecule has 2 aromatic heterocycles. The van der Waals surface area contributed by atoms with Gasteiger partial charge in [0.05, 0.1) is 13.0 Å². The first-order valence-electron chi connectivity index (χ1n) is 9.64. The zero-order valence-corrected chi connectivity index (χ0v) is 18.2. The van der Waals surface area contributed by atoms with Crippen molar-refractivity contribution < 1.29 is 4.79 Å². The van der Waals surface area contributed by atoms with Crippen LogP contribution in [0.2, 0.25) is 5.02 Å². The first-order valence-corrected chi connectivity index (χ1v) is 10.9. The Hall–Kier alpha value is -2.04. The molecule has 3 nitrogen and oxygen atoms in total. The molecule has 0 aliphatic carbocycles. The maximum atomic E-state index is 13.1. The highest BCUT2D eigenvalue weighted by Gasteiger charge is 2.24. The van der Waals surface area contributed by atoms with Crippen LogP contribution in [-0.2, 0) is 24.3 Å². The molecule has 1 unspecified atom stereocenters. The van der Waals surface area contributed by atoms with Crippen LogP contribution < -0.4 is 0 Å². The molecule has 5 heteroatoms. The first kappa shape index (κ1) is 20.7. The van der Waals surface area contributed by atoms with E-state index in [4.69, 9.17) is 11.6 Å². The molecule has 0 aliphatic heterocycles. The lowest BCUT2D eigenvalue weighted by molar-refractivity contribution is -0.134. The number of hydrogen-bond acceptors (Lipinski definition) is 2. The van der Waals surface area contributed by atoms with Crippen molar-refractivity contribution in [3.8, 4) is 0 Å². The molecule has 3 rings (SSSR count). The lowest BCUT2D eigenvalue weighted by Gasteiger charge is -2.32. The van der Waals surface area contributed by atoms with Crippen molar-refractivity contribution >= 4 is 28.8 Å². The van der Waals surface area contributed by atoms with Crippen LogP contribution in [0.4, 0.5) is 0 Å². The molecule has 148 valence electrons. The van der Waals surface area contributed by atoms with Crippen LogP contribution >= 0.6 is 22.9 Å². The summed E-state index contributed by atoms with van der Waals surface area (Å²) in [7, 11) is 0. The van der Waals surface area contributed by atoms with Gasteiger partial charge in [0.2, 0.25) is 5.91 Å². The molecule has 0 aliphatic rings. The predicted octanol–water partition coefficient (Wildman–Crippen LogP) is 5.87. The van der Waals surface area contributed by atoms with E-state index >= 15 is 0 Å². The molecule has 3 aromatic rings. The van der Waals surface area contributed by atoms with Crippen LogP contribution in [-0.4, -0.2) is 21.4 Å². The summed E-state index contributed by atoms with van der Waals surface area (Å²) in [4.78, 5) is 16.2. The molecule has 0 radical (unpaired) electrons. The van der Waals surface area contributed by atoms with Crippen LogP contribution in [0.1, 0.15) is 36.9 Å². The minimum absolute atomic E-state index is 0.169. The zero-order chi connectivity index (χ0) is 20.1. The molecule has 0 saturated heterocycles. The Kier molecular flexibility index (Phi) is 6.97. The van der Waals surface area contributed by atoms with Crippen molar-refractivity contribution in [2.45, 2.75) is 46.3 Å². The number of amides is 1. The lowest BCUT2D eigenvalue weighted by atomic mass is 10.0. The number of benzene rings is 1. The van der Waals surface area contributed by atoms with Crippen LogP contribution in [0.25, 0.3) is 0 Å². The minimum atomic E-state index is 0.169. The Morgan fingerprint density at radius 1 is 1.14 bits per heavy atom. The summed E-state index contributed by atoms with van der Waals surface area (Å²) in [5, 5.41) is 2.77. The maximum Gasteiger partial charge on any atom is 0.228 e. The topological polar surface area (TPSA) is 25.2 Å². The summed E-state index contributed by atoms with van der Waals surface area (Å²) in [5.41, 5.74) is 2.28. The van der Waals surface area contributed by atoms with E-state index in [-0.39, 0.29) is 11.9 Å². The van der Waals surface area contributed by atoms with Crippen molar-refractivity contribution in [1.82, 2.24) is 9.47 Å². The third-order valence-corrected chi connectivity index (χ3v) is 6.29. The second-order valence-corrected chi connectivity index (χ2v) is 8.99. The molecule has 0 N–H and O–H groups in total. The number of halogens is 1. The average Bonchev–Trinajstić information content (AvgIpc) is 3.31. The van der Waals surface area contributed by atoms with Gasteiger partial charge in [-0.1, -0.05) is 43.6 Å². The van der Waals surface area contributed by atoms with E-state index < -0.39 is 0 Å². The molecular weight excluding hydrogens is 388 g/mol. The van der Waals surface area contributed by atoms with Gasteiger partial charge in [0.25, 0.3) is 0 Å². The number of rotatable bonds is 8. The van der Waals surface area contributed by atoms with Crippen molar-refractivity contribution in [2.75, 3.05) is 0 Å². The molecule has 0 saturated carbocycles. The van der Waals surface area contributed by atoms with Gasteiger partial charge in [0.15, 0.2) is 0 Å². The summed E-state index contributed by atoms with van der Waals surface area (Å²) < 4.78 is 2.20. The summed E-state index contributed by atoms with van der Waals surface area (Å²) in [6, 6.07) is 16.3. The normalized spacial score (nSPS) is 12.3. The highest BCUT2D eigenvalue weighted by molar-refractivity contribution is 7.10. The summed E-state index contributed by atoms with van der Waals surface area (Å²) in [6.45, 7) is 7.83. The van der Waals surface area contributed by atoms with Gasteiger partial charge in [0.1, 0.15) is 0 Å². The Morgan fingerprint density at radius 2 is 1.96 bits per heavy atom. The Bertz CT molecular complexity index is 901. The molecule has 0 spiro atoms. The van der Waals surface area contributed by atoms with E-state index in [1.165, 1.54) is 0 Å². The van der Waals surface area contributed by atoms with E-state index in [0.29, 0.717) is 18.9 Å². The van der Waals surface area contributed by atoms with Crippen molar-refractivity contribution in [2.24, 2.45) is 5.92 Å². The van der Waals surface area contributed by atoms with E-state index in [1.807, 2.05) is 46.7 Å². The highest BCUT2D eigenvalue weighted by atomic mass is 35.5. The number of aromatic nitrogens is 1. The molecule has 2 heterocycles. The monoisotopic (exact) mass is 414 g/mol. The molecular formula is C23H27ClN2OS. The van der Waals surface area contributed by atoms with Crippen molar-refractivity contribution in [1.29, 1.82) is 0 Å². The third kappa shape index (κ3) is 5.27. The van der Waals surface area contributed by atoms with E-state index in [2.05, 4.69) is 43.7 Å². The van der Waals surface area contributed by atoms with Gasteiger partial charge in [-0.25, -0.2) is 0 Å².